The van der Waals surface area contributed by atoms with Crippen molar-refractivity contribution >= 4 is 22.2 Å². The maximum Gasteiger partial charge on any atom is 0.166 e. The second-order valence-corrected chi connectivity index (χ2v) is 4.99. The van der Waals surface area contributed by atoms with Gasteiger partial charge in [-0.05, 0) is 40.8 Å². The van der Waals surface area contributed by atoms with Gasteiger partial charge in [0.25, 0.3) is 0 Å². The lowest BCUT2D eigenvalue weighted by Crippen LogP contribution is -2.34. The second-order valence-electron chi connectivity index (χ2n) is 4.07. The van der Waals surface area contributed by atoms with Crippen molar-refractivity contribution < 1.29 is 4.79 Å². The molecule has 1 unspecified atom stereocenters. The number of halogens is 1. The molecule has 0 spiro atoms. The van der Waals surface area contributed by atoms with E-state index < -0.39 is 0 Å². The van der Waals surface area contributed by atoms with Crippen LogP contribution >= 0.6 is 15.9 Å². The molecule has 2 aliphatic heterocycles. The van der Waals surface area contributed by atoms with E-state index >= 15 is 0 Å². The van der Waals surface area contributed by atoms with Crippen molar-refractivity contribution in [2.75, 3.05) is 0 Å². The highest BCUT2D eigenvalue weighted by Gasteiger charge is 2.26. The maximum absolute atomic E-state index is 11.0. The third kappa shape index (κ3) is 2.07. The van der Waals surface area contributed by atoms with Gasteiger partial charge in [0, 0.05) is 10.7 Å². The summed E-state index contributed by atoms with van der Waals surface area (Å²) in [5.74, 6) is 0.576. The van der Waals surface area contributed by atoms with Gasteiger partial charge in [0.05, 0.1) is 11.7 Å². The first-order valence-corrected chi connectivity index (χ1v) is 6.01. The monoisotopic (exact) mass is 267 g/mol. The Morgan fingerprint density at radius 1 is 1.60 bits per heavy atom. The van der Waals surface area contributed by atoms with E-state index in [1.54, 1.807) is 0 Å². The normalized spacial score (nSPS) is 30.1. The third-order valence-corrected chi connectivity index (χ3v) is 3.48. The van der Waals surface area contributed by atoms with Crippen LogP contribution in [0.5, 0.6) is 0 Å². The Kier molecular flexibility index (Phi) is 3.10. The van der Waals surface area contributed by atoms with E-state index in [0.717, 1.165) is 29.3 Å². The van der Waals surface area contributed by atoms with Gasteiger partial charge in [-0.1, -0.05) is 19.1 Å². The standard InChI is InChI=1S/C12H14BrNO/c1-9-3-2-4-11(8-15)14-7-10(13)5-6-12(9)14/h4-9,12H,2-3H2,1H3/t9?,12-/m0/s1. The van der Waals surface area contributed by atoms with Gasteiger partial charge in [0.1, 0.15) is 0 Å². The van der Waals surface area contributed by atoms with Gasteiger partial charge in [-0.3, -0.25) is 4.79 Å². The minimum atomic E-state index is 0.324. The molecular formula is C12H14BrNO. The largest absolute Gasteiger partial charge is 0.337 e. The summed E-state index contributed by atoms with van der Waals surface area (Å²) in [4.78, 5) is 13.1. The molecule has 2 aliphatic rings. The minimum Gasteiger partial charge on any atom is -0.337 e. The molecular weight excluding hydrogens is 254 g/mol. The minimum absolute atomic E-state index is 0.324. The van der Waals surface area contributed by atoms with Crippen LogP contribution in [0.25, 0.3) is 0 Å². The molecule has 0 N–H and O–H groups in total. The quantitative estimate of drug-likeness (QED) is 0.681. The van der Waals surface area contributed by atoms with Crippen molar-refractivity contribution in [1.29, 1.82) is 0 Å². The van der Waals surface area contributed by atoms with E-state index in [4.69, 9.17) is 0 Å². The van der Waals surface area contributed by atoms with Crippen LogP contribution in [0, 0.1) is 5.92 Å². The van der Waals surface area contributed by atoms with Gasteiger partial charge in [-0.15, -0.1) is 0 Å². The van der Waals surface area contributed by atoms with Crippen LogP contribution in [-0.4, -0.2) is 17.2 Å². The Labute approximate surface area is 98.5 Å². The zero-order chi connectivity index (χ0) is 10.8. The molecule has 0 saturated heterocycles. The summed E-state index contributed by atoms with van der Waals surface area (Å²) >= 11 is 3.44. The lowest BCUT2D eigenvalue weighted by atomic mass is 9.95. The summed E-state index contributed by atoms with van der Waals surface area (Å²) in [6, 6.07) is 0.324. The van der Waals surface area contributed by atoms with Gasteiger partial charge in [0.2, 0.25) is 0 Å². The Morgan fingerprint density at radius 3 is 3.13 bits per heavy atom. The number of carbonyl (C=O) groups is 1. The maximum atomic E-state index is 11.0. The number of fused-ring (bicyclic) bond motifs is 1. The average Bonchev–Trinajstić information content (AvgIpc) is 2.38. The second kappa shape index (κ2) is 4.35. The summed E-state index contributed by atoms with van der Waals surface area (Å²) in [7, 11) is 0. The SMILES string of the molecule is CC1CCC=C(C=O)N2C=C(Br)C=C[C@@H]12. The zero-order valence-electron chi connectivity index (χ0n) is 8.69. The first-order valence-electron chi connectivity index (χ1n) is 5.21. The van der Waals surface area contributed by atoms with Crippen LogP contribution in [0.2, 0.25) is 0 Å². The molecule has 2 heterocycles. The lowest BCUT2D eigenvalue weighted by Gasteiger charge is -2.33. The molecule has 0 aromatic heterocycles. The van der Waals surface area contributed by atoms with Crippen LogP contribution in [0.1, 0.15) is 19.8 Å². The van der Waals surface area contributed by atoms with Gasteiger partial charge in [-0.25, -0.2) is 0 Å². The van der Waals surface area contributed by atoms with Crippen LogP contribution in [0.3, 0.4) is 0 Å². The highest BCUT2D eigenvalue weighted by atomic mass is 79.9. The number of hydrogen-bond acceptors (Lipinski definition) is 2. The van der Waals surface area contributed by atoms with E-state index in [0.29, 0.717) is 12.0 Å². The predicted molar refractivity (Wildman–Crippen MR) is 64.3 cm³/mol. The van der Waals surface area contributed by atoms with Crippen molar-refractivity contribution in [2.45, 2.75) is 25.8 Å². The fourth-order valence-electron chi connectivity index (χ4n) is 2.13. The van der Waals surface area contributed by atoms with Gasteiger partial charge in [0.15, 0.2) is 6.29 Å². The fourth-order valence-corrected chi connectivity index (χ4v) is 2.51. The predicted octanol–water partition coefficient (Wildman–Crippen LogP) is 2.98. The van der Waals surface area contributed by atoms with E-state index in [1.165, 1.54) is 0 Å². The first-order chi connectivity index (χ1) is 7.22. The van der Waals surface area contributed by atoms with Crippen LogP contribution in [0.4, 0.5) is 0 Å². The summed E-state index contributed by atoms with van der Waals surface area (Å²) in [6.07, 6.45) is 11.3. The van der Waals surface area contributed by atoms with E-state index in [1.807, 2.05) is 12.3 Å². The molecule has 0 aromatic carbocycles. The molecule has 0 aromatic rings. The van der Waals surface area contributed by atoms with Gasteiger partial charge >= 0.3 is 0 Å². The Morgan fingerprint density at radius 2 is 2.40 bits per heavy atom. The highest BCUT2D eigenvalue weighted by Crippen LogP contribution is 2.30. The van der Waals surface area contributed by atoms with Crippen molar-refractivity contribution in [3.63, 3.8) is 0 Å². The lowest BCUT2D eigenvalue weighted by molar-refractivity contribution is -0.106. The summed E-state index contributed by atoms with van der Waals surface area (Å²) < 4.78 is 1.01. The molecule has 0 aliphatic carbocycles. The van der Waals surface area contributed by atoms with E-state index in [9.17, 15) is 4.79 Å². The van der Waals surface area contributed by atoms with Crippen LogP contribution in [-0.2, 0) is 4.79 Å². The summed E-state index contributed by atoms with van der Waals surface area (Å²) in [6.45, 7) is 2.23. The summed E-state index contributed by atoms with van der Waals surface area (Å²) in [5.41, 5.74) is 0.783. The molecule has 0 bridgehead atoms. The van der Waals surface area contributed by atoms with Crippen molar-refractivity contribution in [1.82, 2.24) is 4.90 Å². The molecule has 0 fully saturated rings. The zero-order valence-corrected chi connectivity index (χ0v) is 10.3. The van der Waals surface area contributed by atoms with Crippen LogP contribution in [0.15, 0.2) is 34.6 Å². The van der Waals surface area contributed by atoms with Crippen molar-refractivity contribution in [2.24, 2.45) is 5.92 Å². The van der Waals surface area contributed by atoms with Crippen LogP contribution < -0.4 is 0 Å². The Bertz CT molecular complexity index is 357. The van der Waals surface area contributed by atoms with E-state index in [2.05, 4.69) is 39.9 Å². The van der Waals surface area contributed by atoms with E-state index in [-0.39, 0.29) is 0 Å². The Hall–Kier alpha value is -0.830. The molecule has 0 amide bonds. The van der Waals surface area contributed by atoms with Gasteiger partial charge in [-0.2, -0.15) is 0 Å². The average molecular weight is 268 g/mol. The molecule has 0 radical (unpaired) electrons. The van der Waals surface area contributed by atoms with Gasteiger partial charge < -0.3 is 4.90 Å². The van der Waals surface area contributed by atoms with Crippen molar-refractivity contribution in [3.05, 3.63) is 34.6 Å². The first kappa shape index (κ1) is 10.7. The third-order valence-electron chi connectivity index (χ3n) is 3.01. The topological polar surface area (TPSA) is 20.3 Å². The molecule has 15 heavy (non-hydrogen) atoms. The number of hydrogen-bond donors (Lipinski definition) is 0. The fraction of sp³-hybridized carbons (Fsp3) is 0.417. The number of carbonyl (C=O) groups excluding carboxylic acids is 1. The molecule has 3 heteroatoms. The van der Waals surface area contributed by atoms with Crippen molar-refractivity contribution in [3.8, 4) is 0 Å². The number of aldehydes is 1. The smallest absolute Gasteiger partial charge is 0.166 e. The molecule has 0 saturated carbocycles. The highest BCUT2D eigenvalue weighted by molar-refractivity contribution is 9.11. The number of rotatable bonds is 1. The molecule has 80 valence electrons. The molecule has 2 rings (SSSR count). The molecule has 2 atom stereocenters. The summed E-state index contributed by atoms with van der Waals surface area (Å²) in [5, 5.41) is 0. The Balaban J connectivity index is 2.36. The number of nitrogens with zero attached hydrogens (tertiary/aromatic N) is 1. The molecule has 2 nitrogen and oxygen atoms in total. The number of allylic oxidation sites excluding steroid dienone is 4.